The largest absolute Gasteiger partial charge is 0.441 e. The number of rotatable bonds is 5. The molecular weight excluding hydrogens is 451 g/mol. The Morgan fingerprint density at radius 3 is 2.82 bits per heavy atom. The Bertz CT molecular complexity index is 1220. The van der Waals surface area contributed by atoms with Crippen LogP contribution in [0.25, 0.3) is 0 Å². The first-order valence-electron chi connectivity index (χ1n) is 10.5. The summed E-state index contributed by atoms with van der Waals surface area (Å²) in [4.78, 5) is 29.6. The highest BCUT2D eigenvalue weighted by atomic mass is 35.5. The summed E-state index contributed by atoms with van der Waals surface area (Å²) in [6.07, 6.45) is 3.18. The first-order chi connectivity index (χ1) is 15.7. The maximum Gasteiger partial charge on any atom is 0.408 e. The third kappa shape index (κ3) is 4.70. The molecule has 3 aromatic rings. The van der Waals surface area contributed by atoms with Crippen LogP contribution in [0, 0.1) is 12.7 Å². The maximum absolute atomic E-state index is 13.4. The number of nitrogens with zero attached hydrogens (tertiary/aromatic N) is 4. The number of halogens is 2. The number of alkyl carbamates (subject to hydrolysis) is 1. The molecule has 0 radical (unpaired) electrons. The van der Waals surface area contributed by atoms with E-state index >= 15 is 0 Å². The second-order valence-corrected chi connectivity index (χ2v) is 8.38. The van der Waals surface area contributed by atoms with Crippen LogP contribution in [0.4, 0.5) is 14.9 Å². The van der Waals surface area contributed by atoms with Crippen molar-refractivity contribution in [3.8, 4) is 0 Å². The molecule has 2 amide bonds. The van der Waals surface area contributed by atoms with Crippen molar-refractivity contribution in [1.29, 1.82) is 0 Å². The molecule has 0 saturated heterocycles. The molecule has 0 aliphatic heterocycles. The fraction of sp³-hybridized carbons (Fsp3) is 0.364. The fourth-order valence-electron chi connectivity index (χ4n) is 4.20. The number of ether oxygens (including phenoxy) is 1. The number of benzene rings is 1. The molecule has 1 aliphatic rings. The Labute approximate surface area is 194 Å². The minimum absolute atomic E-state index is 0.0338. The van der Waals surface area contributed by atoms with Crippen molar-refractivity contribution in [2.24, 2.45) is 14.1 Å². The second kappa shape index (κ2) is 9.22. The summed E-state index contributed by atoms with van der Waals surface area (Å²) in [7, 11) is 3.54. The summed E-state index contributed by atoms with van der Waals surface area (Å²) in [5.41, 5.74) is 3.57. The third-order valence-electron chi connectivity index (χ3n) is 5.77. The van der Waals surface area contributed by atoms with Gasteiger partial charge >= 0.3 is 6.09 Å². The van der Waals surface area contributed by atoms with E-state index in [1.54, 1.807) is 7.05 Å². The van der Waals surface area contributed by atoms with Gasteiger partial charge in [0.25, 0.3) is 5.91 Å². The maximum atomic E-state index is 13.4. The van der Waals surface area contributed by atoms with Gasteiger partial charge in [-0.25, -0.2) is 14.2 Å². The topological polar surface area (TPSA) is 103 Å². The Hall–Kier alpha value is -3.40. The highest BCUT2D eigenvalue weighted by Crippen LogP contribution is 2.36. The number of aryl methyl sites for hydroxylation is 1. The molecule has 4 rings (SSSR count). The van der Waals surface area contributed by atoms with Gasteiger partial charge in [0, 0.05) is 25.5 Å². The number of anilines is 1. The molecule has 1 aromatic carbocycles. The van der Waals surface area contributed by atoms with E-state index in [-0.39, 0.29) is 23.6 Å². The van der Waals surface area contributed by atoms with Crippen LogP contribution in [0.3, 0.4) is 0 Å². The van der Waals surface area contributed by atoms with Gasteiger partial charge in [0.15, 0.2) is 12.4 Å². The van der Waals surface area contributed by atoms with Gasteiger partial charge in [-0.05, 0) is 55.5 Å². The monoisotopic (exact) mass is 474 g/mol. The average molecular weight is 475 g/mol. The summed E-state index contributed by atoms with van der Waals surface area (Å²) in [5.74, 6) is -0.469. The molecule has 33 heavy (non-hydrogen) atoms. The molecule has 2 N–H and O–H groups in total. The van der Waals surface area contributed by atoms with Crippen LogP contribution < -0.4 is 10.6 Å². The number of nitrogens with one attached hydrogen (secondary N) is 2. The van der Waals surface area contributed by atoms with Crippen molar-refractivity contribution in [2.45, 2.75) is 38.8 Å². The summed E-state index contributed by atoms with van der Waals surface area (Å²) >= 11 is 5.84. The molecule has 0 fully saturated rings. The average Bonchev–Trinajstić information content (AvgIpc) is 3.30. The van der Waals surface area contributed by atoms with Gasteiger partial charge in [-0.2, -0.15) is 5.10 Å². The normalized spacial score (nSPS) is 15.1. The van der Waals surface area contributed by atoms with E-state index in [1.807, 2.05) is 18.5 Å². The Balaban J connectivity index is 1.51. The number of hydrogen-bond donors (Lipinski definition) is 2. The predicted octanol–water partition coefficient (Wildman–Crippen LogP) is 3.81. The van der Waals surface area contributed by atoms with E-state index in [0.717, 1.165) is 29.7 Å². The Morgan fingerprint density at radius 1 is 1.33 bits per heavy atom. The van der Waals surface area contributed by atoms with E-state index < -0.39 is 11.9 Å². The minimum atomic E-state index is -0.574. The van der Waals surface area contributed by atoms with E-state index in [2.05, 4.69) is 20.7 Å². The van der Waals surface area contributed by atoms with Crippen LogP contribution >= 0.6 is 11.6 Å². The summed E-state index contributed by atoms with van der Waals surface area (Å²) in [6.45, 7) is 1.88. The van der Waals surface area contributed by atoms with Crippen molar-refractivity contribution >= 4 is 29.3 Å². The van der Waals surface area contributed by atoms with E-state index in [1.165, 1.54) is 29.2 Å². The van der Waals surface area contributed by atoms with Crippen LogP contribution in [0.2, 0.25) is 5.02 Å². The first-order valence-corrected chi connectivity index (χ1v) is 10.8. The molecular formula is C22H24ClFN6O3. The zero-order chi connectivity index (χ0) is 23.7. The molecule has 2 heterocycles. The molecule has 11 heteroatoms. The molecule has 1 unspecified atom stereocenters. The lowest BCUT2D eigenvalue weighted by molar-refractivity contribution is 0.101. The van der Waals surface area contributed by atoms with Crippen molar-refractivity contribution < 1.29 is 18.7 Å². The van der Waals surface area contributed by atoms with Crippen LogP contribution in [0.1, 0.15) is 52.0 Å². The van der Waals surface area contributed by atoms with Crippen molar-refractivity contribution in [3.05, 3.63) is 63.7 Å². The van der Waals surface area contributed by atoms with Crippen LogP contribution in [-0.4, -0.2) is 31.3 Å². The molecule has 0 spiro atoms. The number of amides is 2. The number of carbonyl (C=O) groups is 2. The van der Waals surface area contributed by atoms with Crippen molar-refractivity contribution in [2.75, 3.05) is 5.32 Å². The zero-order valence-corrected chi connectivity index (χ0v) is 19.2. The fourth-order valence-corrected chi connectivity index (χ4v) is 4.38. The van der Waals surface area contributed by atoms with Crippen LogP contribution in [-0.2, 0) is 31.9 Å². The van der Waals surface area contributed by atoms with E-state index in [4.69, 9.17) is 16.3 Å². The number of fused-ring (bicyclic) bond motifs is 1. The van der Waals surface area contributed by atoms with Gasteiger partial charge < -0.3 is 19.9 Å². The molecule has 174 valence electrons. The molecule has 0 saturated carbocycles. The summed E-state index contributed by atoms with van der Waals surface area (Å²) in [5, 5.41) is 9.71. The molecule has 0 bridgehead atoms. The van der Waals surface area contributed by atoms with Crippen molar-refractivity contribution in [1.82, 2.24) is 24.6 Å². The standard InChI is InChI=1S/C22H24ClFN6O3/c1-12-19-14(20(30(12)3)21(31)26-13-7-8-16(24)15(23)9-13)5-4-6-17(19)27-22(32)33-10-18-25-11-29(2)28-18/h7-9,11,17H,4-6,10H2,1-3H3,(H,26,31)(H,27,32). The second-order valence-electron chi connectivity index (χ2n) is 7.97. The lowest BCUT2D eigenvalue weighted by atomic mass is 9.88. The minimum Gasteiger partial charge on any atom is -0.441 e. The lowest BCUT2D eigenvalue weighted by Gasteiger charge is -2.24. The highest BCUT2D eigenvalue weighted by molar-refractivity contribution is 6.31. The van der Waals surface area contributed by atoms with Gasteiger partial charge in [-0.1, -0.05) is 11.6 Å². The lowest BCUT2D eigenvalue weighted by Crippen LogP contribution is -2.31. The molecule has 2 aromatic heterocycles. The third-order valence-corrected chi connectivity index (χ3v) is 6.06. The van der Waals surface area contributed by atoms with Gasteiger partial charge in [0.1, 0.15) is 17.8 Å². The van der Waals surface area contributed by atoms with Gasteiger partial charge in [-0.15, -0.1) is 0 Å². The number of carbonyl (C=O) groups excluding carboxylic acids is 2. The summed E-state index contributed by atoms with van der Waals surface area (Å²) in [6, 6.07) is 3.74. The van der Waals surface area contributed by atoms with E-state index in [9.17, 15) is 14.0 Å². The smallest absolute Gasteiger partial charge is 0.408 e. The highest BCUT2D eigenvalue weighted by Gasteiger charge is 2.32. The Kier molecular flexibility index (Phi) is 6.37. The molecule has 1 aliphatic carbocycles. The van der Waals surface area contributed by atoms with Gasteiger partial charge in [-0.3, -0.25) is 9.48 Å². The SMILES string of the molecule is Cc1c2c(c(C(=O)Nc3ccc(F)c(Cl)c3)n1C)CCCC2NC(=O)OCc1ncn(C)n1. The summed E-state index contributed by atoms with van der Waals surface area (Å²) < 4.78 is 22.1. The van der Waals surface area contributed by atoms with E-state index in [0.29, 0.717) is 23.6 Å². The quantitative estimate of drug-likeness (QED) is 0.585. The predicted molar refractivity (Wildman–Crippen MR) is 120 cm³/mol. The Morgan fingerprint density at radius 2 is 2.12 bits per heavy atom. The first kappa shape index (κ1) is 22.8. The van der Waals surface area contributed by atoms with Crippen LogP contribution in [0.15, 0.2) is 24.5 Å². The number of hydrogen-bond acceptors (Lipinski definition) is 5. The molecule has 1 atom stereocenters. The molecule has 9 nitrogen and oxygen atoms in total. The number of aromatic nitrogens is 4. The van der Waals surface area contributed by atoms with Gasteiger partial charge in [0.2, 0.25) is 0 Å². The van der Waals surface area contributed by atoms with Crippen LogP contribution in [0.5, 0.6) is 0 Å². The van der Waals surface area contributed by atoms with Gasteiger partial charge in [0.05, 0.1) is 11.1 Å². The zero-order valence-electron chi connectivity index (χ0n) is 18.5. The van der Waals surface area contributed by atoms with Crippen molar-refractivity contribution in [3.63, 3.8) is 0 Å².